The molecular formula is C29H36N6O4. The van der Waals surface area contributed by atoms with Gasteiger partial charge in [0.2, 0.25) is 0 Å². The van der Waals surface area contributed by atoms with Gasteiger partial charge in [0.15, 0.2) is 0 Å². The lowest BCUT2D eigenvalue weighted by molar-refractivity contribution is 0.0567. The number of carbonyl (C=O) groups excluding carboxylic acids is 3. The number of hydrogen-bond acceptors (Lipinski definition) is 6. The molecule has 2 fully saturated rings. The number of ether oxygens (including phenoxy) is 1. The monoisotopic (exact) mass is 532 g/mol. The Labute approximate surface area is 228 Å². The van der Waals surface area contributed by atoms with E-state index < -0.39 is 0 Å². The number of hydrogen-bond donors (Lipinski definition) is 0. The molecule has 2 aliphatic heterocycles. The van der Waals surface area contributed by atoms with E-state index in [4.69, 9.17) is 9.72 Å². The summed E-state index contributed by atoms with van der Waals surface area (Å²) in [7, 11) is 0. The number of fused-ring (bicyclic) bond motifs is 1. The Morgan fingerprint density at radius 1 is 0.872 bits per heavy atom. The van der Waals surface area contributed by atoms with Gasteiger partial charge in [-0.05, 0) is 64.3 Å². The summed E-state index contributed by atoms with van der Waals surface area (Å²) in [5, 5.41) is 0. The maximum absolute atomic E-state index is 13.6. The molecule has 0 atom stereocenters. The van der Waals surface area contributed by atoms with Gasteiger partial charge < -0.3 is 19.4 Å². The van der Waals surface area contributed by atoms with Gasteiger partial charge in [-0.2, -0.15) is 0 Å². The van der Waals surface area contributed by atoms with Gasteiger partial charge in [-0.3, -0.25) is 19.0 Å². The number of pyridine rings is 2. The Morgan fingerprint density at radius 2 is 1.54 bits per heavy atom. The molecule has 2 aliphatic rings. The first-order chi connectivity index (χ1) is 18.8. The quantitative estimate of drug-likeness (QED) is 0.509. The molecule has 206 valence electrons. The molecule has 3 aromatic rings. The maximum Gasteiger partial charge on any atom is 0.409 e. The zero-order valence-electron chi connectivity index (χ0n) is 23.1. The first-order valence-electron chi connectivity index (χ1n) is 13.7. The van der Waals surface area contributed by atoms with Crippen molar-refractivity contribution in [2.45, 2.75) is 46.5 Å². The van der Waals surface area contributed by atoms with Crippen LogP contribution >= 0.6 is 0 Å². The van der Waals surface area contributed by atoms with E-state index in [9.17, 15) is 14.4 Å². The Morgan fingerprint density at radius 3 is 2.23 bits per heavy atom. The van der Waals surface area contributed by atoms with Crippen molar-refractivity contribution in [3.8, 4) is 0 Å². The van der Waals surface area contributed by atoms with E-state index in [1.807, 2.05) is 60.5 Å². The average Bonchev–Trinajstić information content (AvgIpc) is 3.29. The highest BCUT2D eigenvalue weighted by molar-refractivity contribution is 5.96. The molecule has 5 heterocycles. The molecule has 5 rings (SSSR count). The molecule has 0 radical (unpaired) electrons. The van der Waals surface area contributed by atoms with Crippen LogP contribution in [0.25, 0.3) is 5.65 Å². The standard InChI is InChI=1S/C29H36N6O4/c1-5-39-29(38)34-17-15-33(16-18-34)27(36)23-9-8-20(3)30-24(23)22-10-13-32(14-11-22)28(37)25-21(4)31-26-19(2)7-6-12-35(25)26/h6-9,12,22H,5,10-11,13-18H2,1-4H3. The van der Waals surface area contributed by atoms with Gasteiger partial charge in [-0.15, -0.1) is 0 Å². The summed E-state index contributed by atoms with van der Waals surface area (Å²) >= 11 is 0. The number of aryl methyl sites for hydroxylation is 3. The molecular weight excluding hydrogens is 496 g/mol. The number of imidazole rings is 1. The first kappa shape index (κ1) is 26.6. The summed E-state index contributed by atoms with van der Waals surface area (Å²) < 4.78 is 6.98. The largest absolute Gasteiger partial charge is 0.450 e. The second-order valence-electron chi connectivity index (χ2n) is 10.4. The van der Waals surface area contributed by atoms with Gasteiger partial charge in [-0.1, -0.05) is 6.07 Å². The Bertz CT molecular complexity index is 1400. The summed E-state index contributed by atoms with van der Waals surface area (Å²) in [5.41, 5.74) is 5.46. The normalized spacial score (nSPS) is 16.6. The smallest absolute Gasteiger partial charge is 0.409 e. The minimum Gasteiger partial charge on any atom is -0.450 e. The molecule has 0 N–H and O–H groups in total. The van der Waals surface area contributed by atoms with Gasteiger partial charge in [0, 0.05) is 57.1 Å². The van der Waals surface area contributed by atoms with Crippen LogP contribution in [0.1, 0.15) is 69.2 Å². The fraction of sp³-hybridized carbons (Fsp3) is 0.483. The molecule has 10 heteroatoms. The highest BCUT2D eigenvalue weighted by Gasteiger charge is 2.32. The molecule has 10 nitrogen and oxygen atoms in total. The van der Waals surface area contributed by atoms with E-state index in [-0.39, 0.29) is 23.8 Å². The van der Waals surface area contributed by atoms with E-state index >= 15 is 0 Å². The molecule has 3 amide bonds. The number of piperidine rings is 1. The zero-order valence-corrected chi connectivity index (χ0v) is 23.1. The first-order valence-corrected chi connectivity index (χ1v) is 13.7. The van der Waals surface area contributed by atoms with Gasteiger partial charge in [0.25, 0.3) is 11.8 Å². The van der Waals surface area contributed by atoms with Crippen molar-refractivity contribution in [2.24, 2.45) is 0 Å². The fourth-order valence-corrected chi connectivity index (χ4v) is 5.63. The fourth-order valence-electron chi connectivity index (χ4n) is 5.63. The van der Waals surface area contributed by atoms with Gasteiger partial charge in [0.05, 0.1) is 23.6 Å². The van der Waals surface area contributed by atoms with Gasteiger partial charge in [0.1, 0.15) is 11.3 Å². The van der Waals surface area contributed by atoms with Crippen LogP contribution in [-0.4, -0.2) is 92.9 Å². The highest BCUT2D eigenvalue weighted by atomic mass is 16.6. The van der Waals surface area contributed by atoms with Crippen LogP contribution in [0.5, 0.6) is 0 Å². The summed E-state index contributed by atoms with van der Waals surface area (Å²) in [6.45, 7) is 10.9. The molecule has 0 spiro atoms. The van der Waals surface area contributed by atoms with Crippen LogP contribution in [0.15, 0.2) is 30.5 Å². The summed E-state index contributed by atoms with van der Waals surface area (Å²) in [5.74, 6) is 0.00695. The number of amides is 3. The molecule has 0 saturated carbocycles. The van der Waals surface area contributed by atoms with Crippen molar-refractivity contribution in [2.75, 3.05) is 45.9 Å². The van der Waals surface area contributed by atoms with Crippen molar-refractivity contribution in [3.63, 3.8) is 0 Å². The minimum atomic E-state index is -0.335. The van der Waals surface area contributed by atoms with Crippen molar-refractivity contribution in [3.05, 3.63) is 64.4 Å². The predicted molar refractivity (Wildman–Crippen MR) is 146 cm³/mol. The van der Waals surface area contributed by atoms with Crippen LogP contribution in [-0.2, 0) is 4.74 Å². The zero-order chi connectivity index (χ0) is 27.7. The molecule has 39 heavy (non-hydrogen) atoms. The number of likely N-dealkylation sites (tertiary alicyclic amines) is 1. The lowest BCUT2D eigenvalue weighted by atomic mass is 9.89. The third-order valence-electron chi connectivity index (χ3n) is 7.78. The third kappa shape index (κ3) is 5.20. The number of piperazine rings is 1. The van der Waals surface area contributed by atoms with Crippen molar-refractivity contribution < 1.29 is 19.1 Å². The second kappa shape index (κ2) is 11.0. The SMILES string of the molecule is CCOC(=O)N1CCN(C(=O)c2ccc(C)nc2C2CCN(C(=O)c3c(C)nc4c(C)cccn34)CC2)CC1. The van der Waals surface area contributed by atoms with Crippen LogP contribution in [0.3, 0.4) is 0 Å². The van der Waals surface area contributed by atoms with Crippen LogP contribution < -0.4 is 0 Å². The van der Waals surface area contributed by atoms with E-state index in [0.717, 1.165) is 41.1 Å². The predicted octanol–water partition coefficient (Wildman–Crippen LogP) is 3.59. The number of carbonyl (C=O) groups is 3. The Kier molecular flexibility index (Phi) is 7.54. The number of aromatic nitrogens is 3. The van der Waals surface area contributed by atoms with Crippen molar-refractivity contribution in [1.82, 2.24) is 29.1 Å². The molecule has 0 unspecified atom stereocenters. The van der Waals surface area contributed by atoms with Crippen molar-refractivity contribution in [1.29, 1.82) is 0 Å². The van der Waals surface area contributed by atoms with E-state index in [1.54, 1.807) is 16.7 Å². The number of rotatable bonds is 4. The van der Waals surface area contributed by atoms with Gasteiger partial charge >= 0.3 is 6.09 Å². The maximum atomic E-state index is 13.6. The molecule has 3 aromatic heterocycles. The Hall–Kier alpha value is -3.95. The van der Waals surface area contributed by atoms with Gasteiger partial charge in [-0.25, -0.2) is 9.78 Å². The molecule has 0 bridgehead atoms. The highest BCUT2D eigenvalue weighted by Crippen LogP contribution is 2.31. The third-order valence-corrected chi connectivity index (χ3v) is 7.78. The molecule has 0 aromatic carbocycles. The molecule has 0 aliphatic carbocycles. The average molecular weight is 533 g/mol. The molecule has 2 saturated heterocycles. The lowest BCUT2D eigenvalue weighted by Gasteiger charge is -2.35. The van der Waals surface area contributed by atoms with Crippen molar-refractivity contribution >= 4 is 23.6 Å². The van der Waals surface area contributed by atoms with E-state index in [0.29, 0.717) is 57.1 Å². The topological polar surface area (TPSA) is 100 Å². The minimum absolute atomic E-state index is 0.0166. The lowest BCUT2D eigenvalue weighted by Crippen LogP contribution is -2.51. The van der Waals surface area contributed by atoms with E-state index in [2.05, 4.69) is 4.98 Å². The van der Waals surface area contributed by atoms with E-state index in [1.165, 1.54) is 0 Å². The Balaban J connectivity index is 1.28. The van der Waals surface area contributed by atoms with Crippen LogP contribution in [0.4, 0.5) is 4.79 Å². The van der Waals surface area contributed by atoms with Crippen LogP contribution in [0, 0.1) is 20.8 Å². The number of nitrogens with zero attached hydrogens (tertiary/aromatic N) is 6. The summed E-state index contributed by atoms with van der Waals surface area (Å²) in [6, 6.07) is 7.68. The van der Waals surface area contributed by atoms with Crippen LogP contribution in [0.2, 0.25) is 0 Å². The summed E-state index contributed by atoms with van der Waals surface area (Å²) in [4.78, 5) is 53.9. The second-order valence-corrected chi connectivity index (χ2v) is 10.4. The summed E-state index contributed by atoms with van der Waals surface area (Å²) in [6.07, 6.45) is 3.02.